The molecule has 0 aromatic heterocycles. The maximum absolute atomic E-state index is 10.9. The van der Waals surface area contributed by atoms with Gasteiger partial charge >= 0.3 is 6.95 Å². The molecule has 1 fully saturated rings. The smallest absolute Gasteiger partial charge is 0.297 e. The summed E-state index contributed by atoms with van der Waals surface area (Å²) in [5.74, 6) is 0.265. The first-order valence-corrected chi connectivity index (χ1v) is 5.59. The van der Waals surface area contributed by atoms with Gasteiger partial charge in [-0.15, -0.1) is 0 Å². The summed E-state index contributed by atoms with van der Waals surface area (Å²) < 4.78 is 20.5. The van der Waals surface area contributed by atoms with Gasteiger partial charge in [-0.2, -0.15) is 0 Å². The van der Waals surface area contributed by atoms with E-state index in [9.17, 15) is 4.57 Å². The van der Waals surface area contributed by atoms with Crippen LogP contribution in [0.2, 0.25) is 0 Å². The number of halogens is 1. The Labute approximate surface area is 65.0 Å². The van der Waals surface area contributed by atoms with Crippen molar-refractivity contribution in [2.45, 2.75) is 20.0 Å². The minimum atomic E-state index is -3.21. The topological polar surface area (TPSA) is 35.5 Å². The molecule has 1 aliphatic rings. The van der Waals surface area contributed by atoms with Crippen molar-refractivity contribution in [3.8, 4) is 0 Å². The Bertz CT molecular complexity index is 172. The predicted octanol–water partition coefficient (Wildman–Crippen LogP) is 2.40. The molecular formula is C5H10ClO3P. The Morgan fingerprint density at radius 2 is 2.20 bits per heavy atom. The lowest BCUT2D eigenvalue weighted by atomic mass is 10.1. The van der Waals surface area contributed by atoms with E-state index in [0.29, 0.717) is 6.61 Å². The summed E-state index contributed by atoms with van der Waals surface area (Å²) in [7, 11) is 0. The zero-order valence-electron chi connectivity index (χ0n) is 5.91. The zero-order valence-corrected chi connectivity index (χ0v) is 7.56. The molecule has 0 spiro atoms. The van der Waals surface area contributed by atoms with Crippen molar-refractivity contribution < 1.29 is 13.6 Å². The molecule has 1 rings (SSSR count). The summed E-state index contributed by atoms with van der Waals surface area (Å²) in [5, 5.41) is 0. The Hall–Kier alpha value is 0.440. The van der Waals surface area contributed by atoms with Crippen LogP contribution in [-0.2, 0) is 13.6 Å². The summed E-state index contributed by atoms with van der Waals surface area (Å²) in [4.78, 5) is 0. The summed E-state index contributed by atoms with van der Waals surface area (Å²) in [6, 6.07) is 0. The highest BCUT2D eigenvalue weighted by atomic mass is 35.7. The van der Waals surface area contributed by atoms with E-state index in [0.717, 1.165) is 0 Å². The van der Waals surface area contributed by atoms with Crippen LogP contribution in [0.25, 0.3) is 0 Å². The van der Waals surface area contributed by atoms with Gasteiger partial charge in [0.2, 0.25) is 0 Å². The minimum Gasteiger partial charge on any atom is -0.297 e. The number of hydrogen-bond donors (Lipinski definition) is 0. The summed E-state index contributed by atoms with van der Waals surface area (Å²) in [6.07, 6.45) is -0.0721. The van der Waals surface area contributed by atoms with Gasteiger partial charge in [-0.05, 0) is 6.92 Å². The SMILES string of the molecule is CC1COP(=O)(Cl)OC1C. The molecule has 5 heteroatoms. The molecule has 0 N–H and O–H groups in total. The molecule has 10 heavy (non-hydrogen) atoms. The molecule has 0 bridgehead atoms. The first kappa shape index (κ1) is 8.54. The van der Waals surface area contributed by atoms with Gasteiger partial charge in [-0.3, -0.25) is 9.05 Å². The zero-order chi connectivity index (χ0) is 7.78. The lowest BCUT2D eigenvalue weighted by molar-refractivity contribution is 0.0539. The fourth-order valence-electron chi connectivity index (χ4n) is 0.675. The molecule has 0 saturated carbocycles. The molecule has 3 unspecified atom stereocenters. The highest BCUT2D eigenvalue weighted by Gasteiger charge is 2.33. The first-order chi connectivity index (χ1) is 4.51. The third-order valence-corrected chi connectivity index (χ3v) is 3.16. The Kier molecular flexibility index (Phi) is 2.41. The van der Waals surface area contributed by atoms with Gasteiger partial charge in [0.25, 0.3) is 0 Å². The van der Waals surface area contributed by atoms with Gasteiger partial charge in [0.15, 0.2) is 0 Å². The van der Waals surface area contributed by atoms with Crippen LogP contribution in [0.1, 0.15) is 13.8 Å². The van der Waals surface area contributed by atoms with Gasteiger partial charge in [0.05, 0.1) is 12.7 Å². The van der Waals surface area contributed by atoms with Crippen LogP contribution in [0.4, 0.5) is 0 Å². The molecule has 1 heterocycles. The fourth-order valence-corrected chi connectivity index (χ4v) is 2.30. The Morgan fingerprint density at radius 3 is 2.60 bits per heavy atom. The molecule has 0 aromatic carbocycles. The number of rotatable bonds is 0. The van der Waals surface area contributed by atoms with Crippen LogP contribution in [0.3, 0.4) is 0 Å². The predicted molar refractivity (Wildman–Crippen MR) is 39.1 cm³/mol. The van der Waals surface area contributed by atoms with Crippen molar-refractivity contribution in [2.24, 2.45) is 5.92 Å². The van der Waals surface area contributed by atoms with E-state index in [1.54, 1.807) is 0 Å². The summed E-state index contributed by atoms with van der Waals surface area (Å²) in [5.41, 5.74) is 0. The largest absolute Gasteiger partial charge is 0.424 e. The lowest BCUT2D eigenvalue weighted by Gasteiger charge is -2.28. The van der Waals surface area contributed by atoms with Crippen LogP contribution < -0.4 is 0 Å². The van der Waals surface area contributed by atoms with Crippen LogP contribution in [0.5, 0.6) is 0 Å². The van der Waals surface area contributed by atoms with Gasteiger partial charge in [-0.25, -0.2) is 4.57 Å². The highest BCUT2D eigenvalue weighted by molar-refractivity contribution is 7.81. The third-order valence-electron chi connectivity index (χ3n) is 1.59. The van der Waals surface area contributed by atoms with Crippen molar-refractivity contribution in [1.29, 1.82) is 0 Å². The van der Waals surface area contributed by atoms with Crippen molar-refractivity contribution >= 4 is 18.2 Å². The third kappa shape index (κ3) is 1.96. The standard InChI is InChI=1S/C5H10ClO3P/c1-4-3-8-10(6,7)9-5(4)2/h4-5H,3H2,1-2H3. The summed E-state index contributed by atoms with van der Waals surface area (Å²) in [6.45, 7) is 1.01. The van der Waals surface area contributed by atoms with E-state index in [-0.39, 0.29) is 12.0 Å². The lowest BCUT2D eigenvalue weighted by Crippen LogP contribution is -2.25. The van der Waals surface area contributed by atoms with E-state index in [4.69, 9.17) is 20.3 Å². The Morgan fingerprint density at radius 1 is 1.60 bits per heavy atom. The fraction of sp³-hybridized carbons (Fsp3) is 1.00. The van der Waals surface area contributed by atoms with E-state index in [1.807, 2.05) is 13.8 Å². The molecular weight excluding hydrogens is 174 g/mol. The molecule has 1 aliphatic heterocycles. The molecule has 0 aromatic rings. The quantitative estimate of drug-likeness (QED) is 0.543. The summed E-state index contributed by atoms with van der Waals surface area (Å²) >= 11 is 5.34. The molecule has 0 radical (unpaired) electrons. The van der Waals surface area contributed by atoms with Gasteiger partial charge in [-0.1, -0.05) is 6.92 Å². The molecule has 1 saturated heterocycles. The molecule has 0 amide bonds. The van der Waals surface area contributed by atoms with Crippen LogP contribution in [-0.4, -0.2) is 12.7 Å². The maximum Gasteiger partial charge on any atom is 0.424 e. The molecule has 3 atom stereocenters. The van der Waals surface area contributed by atoms with E-state index >= 15 is 0 Å². The van der Waals surface area contributed by atoms with Crippen LogP contribution in [0.15, 0.2) is 0 Å². The molecule has 0 aliphatic carbocycles. The molecule has 3 nitrogen and oxygen atoms in total. The van der Waals surface area contributed by atoms with Crippen molar-refractivity contribution in [3.05, 3.63) is 0 Å². The minimum absolute atomic E-state index is 0.0721. The Balaban J connectivity index is 2.57. The van der Waals surface area contributed by atoms with E-state index in [2.05, 4.69) is 0 Å². The van der Waals surface area contributed by atoms with Gasteiger partial charge in [0.1, 0.15) is 0 Å². The molecule has 60 valence electrons. The van der Waals surface area contributed by atoms with E-state index < -0.39 is 6.95 Å². The first-order valence-electron chi connectivity index (χ1n) is 3.14. The number of hydrogen-bond acceptors (Lipinski definition) is 3. The second-order valence-corrected chi connectivity index (χ2v) is 5.09. The van der Waals surface area contributed by atoms with Crippen LogP contribution >= 0.6 is 18.2 Å². The van der Waals surface area contributed by atoms with Crippen LogP contribution in [0, 0.1) is 5.92 Å². The van der Waals surface area contributed by atoms with Crippen molar-refractivity contribution in [3.63, 3.8) is 0 Å². The monoisotopic (exact) mass is 184 g/mol. The van der Waals surface area contributed by atoms with Gasteiger partial charge in [0, 0.05) is 17.2 Å². The maximum atomic E-state index is 10.9. The average Bonchev–Trinajstić information content (AvgIpc) is 1.79. The second-order valence-electron chi connectivity index (χ2n) is 2.51. The van der Waals surface area contributed by atoms with Crippen molar-refractivity contribution in [2.75, 3.05) is 6.61 Å². The normalized spacial score (nSPS) is 49.1. The van der Waals surface area contributed by atoms with E-state index in [1.165, 1.54) is 0 Å². The van der Waals surface area contributed by atoms with Gasteiger partial charge < -0.3 is 0 Å². The van der Waals surface area contributed by atoms with Crippen molar-refractivity contribution in [1.82, 2.24) is 0 Å². The highest BCUT2D eigenvalue weighted by Crippen LogP contribution is 2.57. The second kappa shape index (κ2) is 2.82. The average molecular weight is 185 g/mol.